The number of aromatic nitrogens is 1. The van der Waals surface area contributed by atoms with Gasteiger partial charge in [-0.2, -0.15) is 0 Å². The zero-order valence-corrected chi connectivity index (χ0v) is 17.6. The number of nitrogens with zero attached hydrogens (tertiary/aromatic N) is 1. The number of hydrogen-bond donors (Lipinski definition) is 1. The van der Waals surface area contributed by atoms with E-state index >= 15 is 0 Å². The number of benzene rings is 1. The Balaban J connectivity index is 1.72. The summed E-state index contributed by atoms with van der Waals surface area (Å²) in [5.41, 5.74) is 11.0. The molecule has 0 spiro atoms. The fourth-order valence-corrected chi connectivity index (χ4v) is 5.30. The third kappa shape index (κ3) is 3.08. The van der Waals surface area contributed by atoms with Crippen LogP contribution >= 0.6 is 11.3 Å². The molecule has 0 amide bonds. The van der Waals surface area contributed by atoms with E-state index in [4.69, 9.17) is 19.9 Å². The minimum absolute atomic E-state index is 0.0984. The molecule has 2 N–H and O–H groups in total. The Hall–Kier alpha value is -3.12. The molecule has 30 heavy (non-hydrogen) atoms. The van der Waals surface area contributed by atoms with Gasteiger partial charge in [-0.3, -0.25) is 4.79 Å². The van der Waals surface area contributed by atoms with Crippen LogP contribution in [0.4, 0.5) is 5.69 Å². The Morgan fingerprint density at radius 3 is 2.67 bits per heavy atom. The van der Waals surface area contributed by atoms with Crippen LogP contribution in [0, 0.1) is 0 Å². The number of aryl methyl sites for hydroxylation is 1. The average Bonchev–Trinajstić information content (AvgIpc) is 3.34. The lowest BCUT2D eigenvalue weighted by Gasteiger charge is -2.12. The summed E-state index contributed by atoms with van der Waals surface area (Å²) < 4.78 is 11.0. The molecule has 6 heteroatoms. The Morgan fingerprint density at radius 2 is 1.93 bits per heavy atom. The summed E-state index contributed by atoms with van der Waals surface area (Å²) in [4.78, 5) is 19.5. The second kappa shape index (κ2) is 7.61. The first-order chi connectivity index (χ1) is 14.7. The molecule has 0 fully saturated rings. The average molecular weight is 419 g/mol. The summed E-state index contributed by atoms with van der Waals surface area (Å²) in [6.07, 6.45) is 7.01. The van der Waals surface area contributed by atoms with Gasteiger partial charge in [-0.25, -0.2) is 4.98 Å². The largest absolute Gasteiger partial charge is 0.497 e. The summed E-state index contributed by atoms with van der Waals surface area (Å²) in [6.45, 7) is 0. The van der Waals surface area contributed by atoms with E-state index in [0.717, 1.165) is 52.9 Å². The third-order valence-corrected chi connectivity index (χ3v) is 6.83. The standard InChI is InChI=1S/C24H22N2O3S/c1-28-15-11-9-14(10-12-15)22(27)23-21(25)20-19(18-8-5-13-29-18)16-6-3-2-4-7-17(16)26-24(20)30-23/h5,8-13H,2-4,6-7,25H2,1H3. The fourth-order valence-electron chi connectivity index (χ4n) is 4.22. The van der Waals surface area contributed by atoms with Crippen molar-refractivity contribution in [3.8, 4) is 17.1 Å². The van der Waals surface area contributed by atoms with Gasteiger partial charge in [0.25, 0.3) is 0 Å². The third-order valence-electron chi connectivity index (χ3n) is 5.73. The normalized spacial score (nSPS) is 13.8. The monoisotopic (exact) mass is 418 g/mol. The summed E-state index contributed by atoms with van der Waals surface area (Å²) in [5.74, 6) is 1.40. The molecule has 152 valence electrons. The first kappa shape index (κ1) is 18.9. The number of rotatable bonds is 4. The number of nitrogen functional groups attached to an aromatic ring is 1. The van der Waals surface area contributed by atoms with Crippen LogP contribution in [-0.4, -0.2) is 17.9 Å². The molecular weight excluding hydrogens is 396 g/mol. The van der Waals surface area contributed by atoms with Crippen LogP contribution in [0.2, 0.25) is 0 Å². The lowest BCUT2D eigenvalue weighted by Crippen LogP contribution is -2.03. The second-order valence-corrected chi connectivity index (χ2v) is 8.53. The van der Waals surface area contributed by atoms with Crippen molar-refractivity contribution in [2.45, 2.75) is 32.1 Å². The molecule has 1 aliphatic rings. The maximum Gasteiger partial charge on any atom is 0.205 e. The number of ether oxygens (including phenoxy) is 1. The molecule has 0 unspecified atom stereocenters. The molecule has 4 aromatic rings. The van der Waals surface area contributed by atoms with Crippen LogP contribution in [0.3, 0.4) is 0 Å². The van der Waals surface area contributed by atoms with E-state index in [-0.39, 0.29) is 5.78 Å². The van der Waals surface area contributed by atoms with E-state index in [1.54, 1.807) is 37.6 Å². The number of thiophene rings is 1. The number of carbonyl (C=O) groups excluding carboxylic acids is 1. The fraction of sp³-hybridized carbons (Fsp3) is 0.250. The van der Waals surface area contributed by atoms with E-state index in [1.165, 1.54) is 23.3 Å². The second-order valence-electron chi connectivity index (χ2n) is 7.53. The molecule has 1 aromatic carbocycles. The van der Waals surface area contributed by atoms with E-state index in [1.807, 2.05) is 12.1 Å². The van der Waals surface area contributed by atoms with Gasteiger partial charge in [0.05, 0.1) is 19.1 Å². The molecular formula is C24H22N2O3S. The van der Waals surface area contributed by atoms with Crippen molar-refractivity contribution in [2.75, 3.05) is 12.8 Å². The van der Waals surface area contributed by atoms with Crippen LogP contribution in [0.25, 0.3) is 21.5 Å². The van der Waals surface area contributed by atoms with Gasteiger partial charge in [0.15, 0.2) is 0 Å². The first-order valence-corrected chi connectivity index (χ1v) is 11.0. The number of furan rings is 1. The molecule has 0 aliphatic heterocycles. The highest BCUT2D eigenvalue weighted by Gasteiger charge is 2.26. The summed E-state index contributed by atoms with van der Waals surface area (Å²) in [7, 11) is 1.60. The van der Waals surface area contributed by atoms with Gasteiger partial charge < -0.3 is 14.9 Å². The Morgan fingerprint density at radius 1 is 1.13 bits per heavy atom. The summed E-state index contributed by atoms with van der Waals surface area (Å²) in [5, 5.41) is 0.840. The molecule has 0 saturated heterocycles. The number of anilines is 1. The predicted molar refractivity (Wildman–Crippen MR) is 119 cm³/mol. The van der Waals surface area contributed by atoms with Gasteiger partial charge in [-0.1, -0.05) is 6.42 Å². The number of ketones is 1. The molecule has 3 aromatic heterocycles. The highest BCUT2D eigenvalue weighted by atomic mass is 32.1. The summed E-state index contributed by atoms with van der Waals surface area (Å²) in [6, 6.07) is 10.9. The van der Waals surface area contributed by atoms with Crippen molar-refractivity contribution < 1.29 is 13.9 Å². The maximum atomic E-state index is 13.2. The van der Waals surface area contributed by atoms with E-state index in [2.05, 4.69) is 0 Å². The smallest absolute Gasteiger partial charge is 0.205 e. The van der Waals surface area contributed by atoms with E-state index < -0.39 is 0 Å². The van der Waals surface area contributed by atoms with Gasteiger partial charge in [0, 0.05) is 22.2 Å². The molecule has 1 aliphatic carbocycles. The molecule has 5 rings (SSSR count). The molecule has 0 radical (unpaired) electrons. The van der Waals surface area contributed by atoms with Crippen molar-refractivity contribution in [3.63, 3.8) is 0 Å². The van der Waals surface area contributed by atoms with Crippen molar-refractivity contribution in [2.24, 2.45) is 0 Å². The Bertz CT molecular complexity index is 1220. The van der Waals surface area contributed by atoms with Crippen molar-refractivity contribution in [1.29, 1.82) is 0 Å². The van der Waals surface area contributed by atoms with Gasteiger partial charge in [-0.15, -0.1) is 11.3 Å². The quantitative estimate of drug-likeness (QED) is 0.342. The van der Waals surface area contributed by atoms with E-state index in [9.17, 15) is 4.79 Å². The number of methoxy groups -OCH3 is 1. The number of hydrogen-bond acceptors (Lipinski definition) is 6. The Labute approximate surface area is 178 Å². The molecule has 5 nitrogen and oxygen atoms in total. The van der Waals surface area contributed by atoms with Crippen LogP contribution < -0.4 is 10.5 Å². The Kier molecular flexibility index (Phi) is 4.79. The van der Waals surface area contributed by atoms with Gasteiger partial charge in [-0.05, 0) is 67.6 Å². The molecule has 0 atom stereocenters. The van der Waals surface area contributed by atoms with E-state index in [0.29, 0.717) is 21.9 Å². The SMILES string of the molecule is COc1ccc(C(=O)c2sc3nc4c(c(-c5ccco5)c3c2N)CCCCC4)cc1. The number of fused-ring (bicyclic) bond motifs is 2. The maximum absolute atomic E-state index is 13.2. The lowest BCUT2D eigenvalue weighted by atomic mass is 9.96. The topological polar surface area (TPSA) is 78.3 Å². The number of nitrogens with two attached hydrogens (primary N) is 1. The minimum Gasteiger partial charge on any atom is -0.497 e. The number of carbonyl (C=O) groups is 1. The highest BCUT2D eigenvalue weighted by Crippen LogP contribution is 2.44. The van der Waals surface area contributed by atoms with Gasteiger partial charge >= 0.3 is 0 Å². The van der Waals surface area contributed by atoms with Crippen molar-refractivity contribution >= 4 is 33.0 Å². The minimum atomic E-state index is -0.0984. The number of pyridine rings is 1. The van der Waals surface area contributed by atoms with Crippen LogP contribution in [-0.2, 0) is 12.8 Å². The molecule has 0 saturated carbocycles. The molecule has 3 heterocycles. The lowest BCUT2D eigenvalue weighted by molar-refractivity contribution is 0.104. The highest BCUT2D eigenvalue weighted by molar-refractivity contribution is 7.21. The van der Waals surface area contributed by atoms with Crippen LogP contribution in [0.15, 0.2) is 47.1 Å². The van der Waals surface area contributed by atoms with Gasteiger partial charge in [0.2, 0.25) is 5.78 Å². The van der Waals surface area contributed by atoms with Crippen molar-refractivity contribution in [3.05, 3.63) is 64.4 Å². The molecule has 0 bridgehead atoms. The zero-order chi connectivity index (χ0) is 20.7. The first-order valence-electron chi connectivity index (χ1n) is 10.1. The zero-order valence-electron chi connectivity index (χ0n) is 16.7. The van der Waals surface area contributed by atoms with Crippen molar-refractivity contribution in [1.82, 2.24) is 4.98 Å². The van der Waals surface area contributed by atoms with Gasteiger partial charge in [0.1, 0.15) is 21.2 Å². The summed E-state index contributed by atoms with van der Waals surface area (Å²) >= 11 is 1.37. The predicted octanol–water partition coefficient (Wildman–Crippen LogP) is 5.65. The van der Waals surface area contributed by atoms with Crippen LogP contribution in [0.5, 0.6) is 5.75 Å². The van der Waals surface area contributed by atoms with Crippen LogP contribution in [0.1, 0.15) is 45.8 Å².